The Morgan fingerprint density at radius 3 is 2.53 bits per heavy atom. The van der Waals surface area contributed by atoms with E-state index in [-0.39, 0.29) is 12.5 Å². The summed E-state index contributed by atoms with van der Waals surface area (Å²) in [7, 11) is 1.54. The van der Waals surface area contributed by atoms with Crippen LogP contribution in [-0.2, 0) is 16.1 Å². The van der Waals surface area contributed by atoms with Gasteiger partial charge in [0.05, 0.1) is 30.7 Å². The summed E-state index contributed by atoms with van der Waals surface area (Å²) in [5, 5.41) is 2.31. The van der Waals surface area contributed by atoms with Crippen molar-refractivity contribution in [2.75, 3.05) is 18.6 Å². The van der Waals surface area contributed by atoms with E-state index in [0.29, 0.717) is 34.5 Å². The molecular weight excluding hydrogens is 428 g/mol. The third kappa shape index (κ3) is 5.26. The Bertz CT molecular complexity index is 1130. The molecule has 0 atom stereocenters. The smallest absolute Gasteiger partial charge is 0.338 e. The summed E-state index contributed by atoms with van der Waals surface area (Å²) in [6.07, 6.45) is 0. The van der Waals surface area contributed by atoms with Gasteiger partial charge in [0.2, 0.25) is 5.91 Å². The quantitative estimate of drug-likeness (QED) is 0.435. The Labute approximate surface area is 191 Å². The number of rotatable bonds is 8. The van der Waals surface area contributed by atoms with Gasteiger partial charge in [0.15, 0.2) is 16.6 Å². The van der Waals surface area contributed by atoms with E-state index < -0.39 is 5.97 Å². The number of aryl methyl sites for hydroxylation is 2. The summed E-state index contributed by atoms with van der Waals surface area (Å²) in [6.45, 7) is 7.76. The van der Waals surface area contributed by atoms with E-state index in [2.05, 4.69) is 4.98 Å². The van der Waals surface area contributed by atoms with Gasteiger partial charge in [0.1, 0.15) is 6.61 Å². The zero-order valence-corrected chi connectivity index (χ0v) is 19.6. The number of amides is 1. The molecule has 3 rings (SSSR count). The van der Waals surface area contributed by atoms with Gasteiger partial charge in [-0.3, -0.25) is 9.69 Å². The summed E-state index contributed by atoms with van der Waals surface area (Å²) < 4.78 is 16.2. The monoisotopic (exact) mass is 454 g/mol. The number of hydrogen-bond acceptors (Lipinski definition) is 7. The van der Waals surface area contributed by atoms with Gasteiger partial charge in [-0.05, 0) is 50.6 Å². The lowest BCUT2D eigenvalue weighted by atomic mass is 10.1. The molecule has 1 aromatic heterocycles. The minimum absolute atomic E-state index is 0.00996. The highest BCUT2D eigenvalue weighted by atomic mass is 32.1. The van der Waals surface area contributed by atoms with Gasteiger partial charge in [-0.15, -0.1) is 11.3 Å². The average molecular weight is 455 g/mol. The van der Waals surface area contributed by atoms with Crippen molar-refractivity contribution in [1.82, 2.24) is 4.98 Å². The molecule has 0 bridgehead atoms. The van der Waals surface area contributed by atoms with Crippen LogP contribution < -0.4 is 14.4 Å². The highest BCUT2D eigenvalue weighted by Crippen LogP contribution is 2.32. The van der Waals surface area contributed by atoms with Crippen LogP contribution in [0.5, 0.6) is 11.5 Å². The van der Waals surface area contributed by atoms with Crippen LogP contribution in [0.3, 0.4) is 0 Å². The van der Waals surface area contributed by atoms with Crippen molar-refractivity contribution in [1.29, 1.82) is 0 Å². The van der Waals surface area contributed by atoms with Crippen LogP contribution in [0.2, 0.25) is 0 Å². The number of anilines is 2. The van der Waals surface area contributed by atoms with Crippen LogP contribution >= 0.6 is 11.3 Å². The number of ether oxygens (including phenoxy) is 3. The fraction of sp³-hybridized carbons (Fsp3) is 0.292. The Hall–Kier alpha value is -3.39. The summed E-state index contributed by atoms with van der Waals surface area (Å²) in [5.74, 6) is 0.381. The molecule has 0 saturated heterocycles. The highest BCUT2D eigenvalue weighted by molar-refractivity contribution is 7.14. The Morgan fingerprint density at radius 1 is 1.09 bits per heavy atom. The SMILES string of the molecule is CCOc1cc(C(=O)OCc2csc(N(C(C)=O)c3ccc(C)cc3C)n2)ccc1OC. The number of carbonyl (C=O) groups excluding carboxylic acids is 2. The first-order valence-electron chi connectivity index (χ1n) is 10.1. The first kappa shape index (κ1) is 23.3. The van der Waals surface area contributed by atoms with E-state index >= 15 is 0 Å². The molecule has 0 unspecified atom stereocenters. The Balaban J connectivity index is 1.74. The minimum atomic E-state index is -0.499. The van der Waals surface area contributed by atoms with E-state index in [0.717, 1.165) is 16.8 Å². The van der Waals surface area contributed by atoms with Crippen LogP contribution in [-0.4, -0.2) is 30.6 Å². The van der Waals surface area contributed by atoms with Gasteiger partial charge in [0, 0.05) is 12.3 Å². The maximum atomic E-state index is 12.5. The molecule has 3 aromatic rings. The lowest BCUT2D eigenvalue weighted by Gasteiger charge is -2.20. The number of esters is 1. The van der Waals surface area contributed by atoms with Crippen molar-refractivity contribution >= 4 is 34.0 Å². The lowest BCUT2D eigenvalue weighted by Crippen LogP contribution is -2.23. The number of nitrogens with zero attached hydrogens (tertiary/aromatic N) is 2. The Kier molecular flexibility index (Phi) is 7.48. The molecule has 7 nitrogen and oxygen atoms in total. The fourth-order valence-corrected chi connectivity index (χ4v) is 4.09. The minimum Gasteiger partial charge on any atom is -0.493 e. The van der Waals surface area contributed by atoms with Gasteiger partial charge < -0.3 is 14.2 Å². The van der Waals surface area contributed by atoms with Crippen LogP contribution in [0.4, 0.5) is 10.8 Å². The zero-order chi connectivity index (χ0) is 23.3. The van der Waals surface area contributed by atoms with Crippen molar-refractivity contribution < 1.29 is 23.8 Å². The second kappa shape index (κ2) is 10.3. The van der Waals surface area contributed by atoms with Crippen molar-refractivity contribution in [2.45, 2.75) is 34.3 Å². The van der Waals surface area contributed by atoms with Gasteiger partial charge in [-0.1, -0.05) is 17.7 Å². The number of aromatic nitrogens is 1. The normalized spacial score (nSPS) is 10.5. The first-order chi connectivity index (χ1) is 15.3. The average Bonchev–Trinajstić information content (AvgIpc) is 3.22. The summed E-state index contributed by atoms with van der Waals surface area (Å²) in [4.78, 5) is 31.0. The topological polar surface area (TPSA) is 78.0 Å². The fourth-order valence-electron chi connectivity index (χ4n) is 3.22. The second-order valence-electron chi connectivity index (χ2n) is 7.14. The summed E-state index contributed by atoms with van der Waals surface area (Å²) >= 11 is 1.32. The van der Waals surface area contributed by atoms with Crippen LogP contribution in [0, 0.1) is 13.8 Å². The Morgan fingerprint density at radius 2 is 1.88 bits per heavy atom. The lowest BCUT2D eigenvalue weighted by molar-refractivity contribution is -0.115. The van der Waals surface area contributed by atoms with Crippen molar-refractivity contribution in [3.8, 4) is 11.5 Å². The van der Waals surface area contributed by atoms with Crippen LogP contribution in [0.25, 0.3) is 0 Å². The molecule has 0 spiro atoms. The van der Waals surface area contributed by atoms with E-state index in [4.69, 9.17) is 14.2 Å². The molecule has 32 heavy (non-hydrogen) atoms. The van der Waals surface area contributed by atoms with Gasteiger partial charge >= 0.3 is 5.97 Å². The molecule has 168 valence electrons. The van der Waals surface area contributed by atoms with E-state index in [9.17, 15) is 9.59 Å². The van der Waals surface area contributed by atoms with E-state index in [1.54, 1.807) is 28.5 Å². The molecule has 1 amide bonds. The molecule has 0 aliphatic carbocycles. The van der Waals surface area contributed by atoms with E-state index in [1.807, 2.05) is 39.0 Å². The standard InChI is InChI=1S/C24H26N2O5S/c1-6-30-22-12-18(8-10-21(22)29-5)23(28)31-13-19-14-32-24(25-19)26(17(4)27)20-9-7-15(2)11-16(20)3/h7-12,14H,6,13H2,1-5H3. The van der Waals surface area contributed by atoms with Gasteiger partial charge in [-0.25, -0.2) is 9.78 Å². The summed E-state index contributed by atoms with van der Waals surface area (Å²) in [6, 6.07) is 10.8. The third-order valence-electron chi connectivity index (χ3n) is 4.69. The van der Waals surface area contributed by atoms with Crippen molar-refractivity contribution in [3.05, 3.63) is 64.2 Å². The number of methoxy groups -OCH3 is 1. The second-order valence-corrected chi connectivity index (χ2v) is 7.98. The maximum absolute atomic E-state index is 12.5. The molecule has 1 heterocycles. The molecule has 0 saturated carbocycles. The molecule has 0 radical (unpaired) electrons. The number of benzene rings is 2. The predicted octanol–water partition coefficient (Wildman–Crippen LogP) is 5.21. The number of thiazole rings is 1. The molecule has 0 fully saturated rings. The predicted molar refractivity (Wildman–Crippen MR) is 124 cm³/mol. The number of hydrogen-bond donors (Lipinski definition) is 0. The molecule has 0 N–H and O–H groups in total. The van der Waals surface area contributed by atoms with Gasteiger partial charge in [0.25, 0.3) is 0 Å². The van der Waals surface area contributed by atoms with Crippen molar-refractivity contribution in [3.63, 3.8) is 0 Å². The molecule has 0 aliphatic heterocycles. The molecule has 0 aliphatic rings. The first-order valence-corrected chi connectivity index (χ1v) is 11.0. The number of carbonyl (C=O) groups is 2. The van der Waals surface area contributed by atoms with E-state index in [1.165, 1.54) is 25.4 Å². The van der Waals surface area contributed by atoms with Crippen molar-refractivity contribution in [2.24, 2.45) is 0 Å². The summed E-state index contributed by atoms with van der Waals surface area (Å²) in [5.41, 5.74) is 3.79. The molecule has 8 heteroatoms. The van der Waals surface area contributed by atoms with Crippen LogP contribution in [0.1, 0.15) is 41.0 Å². The van der Waals surface area contributed by atoms with Crippen LogP contribution in [0.15, 0.2) is 41.8 Å². The molecular formula is C24H26N2O5S. The zero-order valence-electron chi connectivity index (χ0n) is 18.8. The van der Waals surface area contributed by atoms with Gasteiger partial charge in [-0.2, -0.15) is 0 Å². The maximum Gasteiger partial charge on any atom is 0.338 e. The third-order valence-corrected chi connectivity index (χ3v) is 5.56. The largest absolute Gasteiger partial charge is 0.493 e. The highest BCUT2D eigenvalue weighted by Gasteiger charge is 2.20. The molecule has 2 aromatic carbocycles.